The third-order valence-corrected chi connectivity index (χ3v) is 5.93. The molecular formula is C16H24N5O3S+. The third-order valence-electron chi connectivity index (χ3n) is 4.53. The van der Waals surface area contributed by atoms with Crippen LogP contribution in [0.2, 0.25) is 0 Å². The molecule has 8 nitrogen and oxygen atoms in total. The highest BCUT2D eigenvalue weighted by molar-refractivity contribution is 7.89. The van der Waals surface area contributed by atoms with E-state index < -0.39 is 10.0 Å². The molecule has 3 rings (SSSR count). The summed E-state index contributed by atoms with van der Waals surface area (Å²) in [6, 6.07) is 3.41. The minimum atomic E-state index is -3.59. The fourth-order valence-corrected chi connectivity index (χ4v) is 3.86. The van der Waals surface area contributed by atoms with Crippen molar-refractivity contribution in [2.75, 3.05) is 31.2 Å². The lowest BCUT2D eigenvalue weighted by molar-refractivity contribution is -0.367. The summed E-state index contributed by atoms with van der Waals surface area (Å²) in [4.78, 5) is 5.42. The van der Waals surface area contributed by atoms with Crippen LogP contribution in [-0.2, 0) is 28.4 Å². The number of H-pyrrole nitrogens is 1. The molecule has 0 atom stereocenters. The summed E-state index contributed by atoms with van der Waals surface area (Å²) in [6.45, 7) is 6.97. The molecule has 0 spiro atoms. The third kappa shape index (κ3) is 3.83. The van der Waals surface area contributed by atoms with E-state index in [2.05, 4.69) is 19.7 Å². The van der Waals surface area contributed by atoms with Crippen molar-refractivity contribution in [3.8, 4) is 0 Å². The van der Waals surface area contributed by atoms with Gasteiger partial charge in [-0.05, 0) is 19.9 Å². The van der Waals surface area contributed by atoms with Gasteiger partial charge in [0.1, 0.15) is 24.2 Å². The summed E-state index contributed by atoms with van der Waals surface area (Å²) in [5.74, 6) is 0.890. The Hall–Kier alpha value is -1.97. The molecule has 1 fully saturated rings. The quantitative estimate of drug-likeness (QED) is 0.814. The van der Waals surface area contributed by atoms with E-state index in [0.717, 1.165) is 35.9 Å². The number of anilines is 1. The Morgan fingerprint density at radius 1 is 1.28 bits per heavy atom. The first kappa shape index (κ1) is 17.8. The highest BCUT2D eigenvalue weighted by Crippen LogP contribution is 2.15. The van der Waals surface area contributed by atoms with Crippen LogP contribution in [0.1, 0.15) is 17.0 Å². The molecule has 1 aliphatic heterocycles. The standard InChI is InChI=1S/C16H23N5O3S/c1-12-15(13(2)20(3)19-12)11-18-25(22,23)14-4-5-16(17-10-14)21-6-8-24-9-7-21/h4-5,10,18H,6-9,11H2,1-3H3/p+1. The van der Waals surface area contributed by atoms with Gasteiger partial charge in [-0.2, -0.15) is 5.10 Å². The average molecular weight is 366 g/mol. The van der Waals surface area contributed by atoms with Crippen LogP contribution in [-0.4, -0.2) is 44.5 Å². The monoisotopic (exact) mass is 366 g/mol. The number of pyridine rings is 1. The van der Waals surface area contributed by atoms with Crippen molar-refractivity contribution in [3.63, 3.8) is 0 Å². The molecule has 0 saturated carbocycles. The number of hydrogen-bond donors (Lipinski definition) is 1. The van der Waals surface area contributed by atoms with Crippen molar-refractivity contribution in [1.82, 2.24) is 14.5 Å². The molecule has 0 aliphatic carbocycles. The number of aryl methyl sites for hydroxylation is 2. The molecule has 2 aromatic heterocycles. The first-order valence-electron chi connectivity index (χ1n) is 8.21. The molecule has 0 bridgehead atoms. The Kier molecular flexibility index (Phi) is 5.07. The van der Waals surface area contributed by atoms with Gasteiger partial charge in [0.25, 0.3) is 5.82 Å². The maximum atomic E-state index is 12.5. The van der Waals surface area contributed by atoms with Crippen LogP contribution in [0.15, 0.2) is 23.2 Å². The van der Waals surface area contributed by atoms with Crippen LogP contribution in [0, 0.1) is 13.8 Å². The van der Waals surface area contributed by atoms with Gasteiger partial charge >= 0.3 is 0 Å². The Labute approximate surface area is 147 Å². The number of sulfonamides is 1. The molecule has 2 aromatic rings. The van der Waals surface area contributed by atoms with E-state index in [9.17, 15) is 8.42 Å². The molecule has 0 radical (unpaired) electrons. The molecule has 3 heterocycles. The lowest BCUT2D eigenvalue weighted by Crippen LogP contribution is -2.39. The molecule has 1 saturated heterocycles. The lowest BCUT2D eigenvalue weighted by Gasteiger charge is -2.21. The van der Waals surface area contributed by atoms with Crippen LogP contribution < -0.4 is 14.6 Å². The minimum Gasteiger partial charge on any atom is -0.373 e. The van der Waals surface area contributed by atoms with Gasteiger partial charge in [0.2, 0.25) is 10.0 Å². The van der Waals surface area contributed by atoms with Crippen LogP contribution in [0.4, 0.5) is 5.82 Å². The molecule has 0 amide bonds. The van der Waals surface area contributed by atoms with Gasteiger partial charge < -0.3 is 4.74 Å². The zero-order valence-electron chi connectivity index (χ0n) is 14.7. The number of nitrogens with one attached hydrogen (secondary N) is 2. The second-order valence-electron chi connectivity index (χ2n) is 6.11. The maximum Gasteiger partial charge on any atom is 0.274 e. The van der Waals surface area contributed by atoms with Crippen molar-refractivity contribution in [2.45, 2.75) is 25.3 Å². The second kappa shape index (κ2) is 7.11. The fourth-order valence-electron chi connectivity index (χ4n) is 2.89. The zero-order valence-corrected chi connectivity index (χ0v) is 15.6. The van der Waals surface area contributed by atoms with E-state index >= 15 is 0 Å². The van der Waals surface area contributed by atoms with Gasteiger partial charge in [0.05, 0.1) is 18.9 Å². The Balaban J connectivity index is 1.71. The van der Waals surface area contributed by atoms with Gasteiger partial charge in [0.15, 0.2) is 0 Å². The number of morpholine rings is 1. The second-order valence-corrected chi connectivity index (χ2v) is 7.87. The predicted octanol–water partition coefficient (Wildman–Crippen LogP) is 0.166. The van der Waals surface area contributed by atoms with Crippen molar-refractivity contribution in [1.29, 1.82) is 0 Å². The highest BCUT2D eigenvalue weighted by atomic mass is 32.2. The van der Waals surface area contributed by atoms with Crippen molar-refractivity contribution >= 4 is 15.8 Å². The van der Waals surface area contributed by atoms with E-state index in [1.165, 1.54) is 6.20 Å². The Bertz CT molecular complexity index is 839. The van der Waals surface area contributed by atoms with Gasteiger partial charge in [0, 0.05) is 30.9 Å². The molecule has 9 heteroatoms. The van der Waals surface area contributed by atoms with E-state index in [4.69, 9.17) is 4.74 Å². The SMILES string of the molecule is Cc1nn(C)c(C)c1CNS(=O)(=O)c1ccc(N2CCOCC2)[nH+]c1. The average Bonchev–Trinajstić information content (AvgIpc) is 2.86. The number of ether oxygens (including phenoxy) is 1. The number of aromatic amines is 1. The largest absolute Gasteiger partial charge is 0.373 e. The molecule has 25 heavy (non-hydrogen) atoms. The molecule has 0 unspecified atom stereocenters. The summed E-state index contributed by atoms with van der Waals surface area (Å²) in [5.41, 5.74) is 2.69. The maximum absolute atomic E-state index is 12.5. The van der Waals surface area contributed by atoms with E-state index in [1.807, 2.05) is 20.9 Å². The van der Waals surface area contributed by atoms with Gasteiger partial charge in [-0.15, -0.1) is 0 Å². The van der Waals surface area contributed by atoms with Crippen molar-refractivity contribution in [2.24, 2.45) is 7.05 Å². The smallest absolute Gasteiger partial charge is 0.274 e. The molecule has 0 aromatic carbocycles. The summed E-state index contributed by atoms with van der Waals surface area (Å²) in [7, 11) is -1.74. The minimum absolute atomic E-state index is 0.212. The zero-order chi connectivity index (χ0) is 18.0. The fraction of sp³-hybridized carbons (Fsp3) is 0.500. The van der Waals surface area contributed by atoms with Crippen molar-refractivity contribution < 1.29 is 18.1 Å². The van der Waals surface area contributed by atoms with Crippen molar-refractivity contribution in [3.05, 3.63) is 35.3 Å². The van der Waals surface area contributed by atoms with Gasteiger partial charge in [-0.3, -0.25) is 9.58 Å². The molecular weight excluding hydrogens is 342 g/mol. The number of rotatable bonds is 5. The summed E-state index contributed by atoms with van der Waals surface area (Å²) >= 11 is 0. The van der Waals surface area contributed by atoms with E-state index in [-0.39, 0.29) is 11.4 Å². The Morgan fingerprint density at radius 3 is 2.56 bits per heavy atom. The summed E-state index contributed by atoms with van der Waals surface area (Å²) in [6.07, 6.45) is 1.52. The first-order valence-corrected chi connectivity index (χ1v) is 9.70. The van der Waals surface area contributed by atoms with Gasteiger partial charge in [-0.1, -0.05) is 0 Å². The van der Waals surface area contributed by atoms with Crippen LogP contribution in [0.25, 0.3) is 0 Å². The molecule has 2 N–H and O–H groups in total. The summed E-state index contributed by atoms with van der Waals surface area (Å²) < 4.78 is 34.8. The number of nitrogens with zero attached hydrogens (tertiary/aromatic N) is 3. The lowest BCUT2D eigenvalue weighted by atomic mass is 10.2. The number of aromatic nitrogens is 3. The number of hydrogen-bond acceptors (Lipinski definition) is 5. The van der Waals surface area contributed by atoms with E-state index in [1.54, 1.807) is 16.8 Å². The predicted molar refractivity (Wildman–Crippen MR) is 92.7 cm³/mol. The molecule has 1 aliphatic rings. The molecule has 136 valence electrons. The van der Waals surface area contributed by atoms with E-state index in [0.29, 0.717) is 13.2 Å². The summed E-state index contributed by atoms with van der Waals surface area (Å²) in [5, 5.41) is 4.31. The Morgan fingerprint density at radius 2 is 2.00 bits per heavy atom. The van der Waals surface area contributed by atoms with Gasteiger partial charge in [-0.25, -0.2) is 18.1 Å². The van der Waals surface area contributed by atoms with Crippen LogP contribution in [0.3, 0.4) is 0 Å². The highest BCUT2D eigenvalue weighted by Gasteiger charge is 2.22. The van der Waals surface area contributed by atoms with Crippen LogP contribution in [0.5, 0.6) is 0 Å². The first-order chi connectivity index (χ1) is 11.9. The normalized spacial score (nSPS) is 15.6. The van der Waals surface area contributed by atoms with Crippen LogP contribution >= 0.6 is 0 Å². The topological polar surface area (TPSA) is 90.6 Å².